The molecule has 0 spiro atoms. The lowest BCUT2D eigenvalue weighted by molar-refractivity contribution is -0.102. The third-order valence-electron chi connectivity index (χ3n) is 6.77. The number of nitrogens with zero attached hydrogens (tertiary/aromatic N) is 7. The van der Waals surface area contributed by atoms with Crippen LogP contribution in [0.4, 0.5) is 11.5 Å². The van der Waals surface area contributed by atoms with Gasteiger partial charge in [-0.1, -0.05) is 6.92 Å². The Hall–Kier alpha value is -3.64. The predicted molar refractivity (Wildman–Crippen MR) is 151 cm³/mol. The molecule has 1 unspecified atom stereocenters. The Labute approximate surface area is 231 Å². The highest BCUT2D eigenvalue weighted by atomic mass is 32.2. The largest absolute Gasteiger partial charge is 0.612 e. The number of ether oxygens (including phenoxy) is 1. The molecule has 0 aromatic carbocycles. The number of amidine groups is 1. The number of nitrogens with one attached hydrogen (secondary N) is 1. The number of carbonyl (C=O) groups excluding carboxylic acids is 1. The van der Waals surface area contributed by atoms with Crippen molar-refractivity contribution in [1.29, 1.82) is 0 Å². The van der Waals surface area contributed by atoms with Crippen molar-refractivity contribution in [2.75, 3.05) is 25.3 Å². The fourth-order valence-corrected chi connectivity index (χ4v) is 4.49. The minimum absolute atomic E-state index is 0.123. The number of aldehydes is 1. The van der Waals surface area contributed by atoms with E-state index < -0.39 is 11.2 Å². The molecular weight excluding hydrogens is 516 g/mol. The normalized spacial score (nSPS) is 15.0. The Balaban J connectivity index is 1.74. The maximum Gasteiger partial charge on any atom is 0.227 e. The van der Waals surface area contributed by atoms with Crippen molar-refractivity contribution in [3.05, 3.63) is 41.7 Å². The SMILES string of the molecule is CC[C@H](C)N(C)c1nc(-c2c(OC)ncnc2C2CC2)nc(C)c1/N=C(\C=O)NCc1ccc([S+](C)[O-])cn1. The number of hydrogen-bond donors (Lipinski definition) is 1. The molecule has 3 heterocycles. The average Bonchev–Trinajstić information content (AvgIpc) is 3.80. The van der Waals surface area contributed by atoms with Gasteiger partial charge in [0.05, 0.1) is 36.9 Å². The van der Waals surface area contributed by atoms with E-state index in [2.05, 4.69) is 39.1 Å². The molecule has 1 N–H and O–H groups in total. The van der Waals surface area contributed by atoms with Gasteiger partial charge in [-0.05, 0) is 56.4 Å². The lowest BCUT2D eigenvalue weighted by Gasteiger charge is -2.27. The van der Waals surface area contributed by atoms with Gasteiger partial charge in [0.1, 0.15) is 23.8 Å². The van der Waals surface area contributed by atoms with E-state index in [1.165, 1.54) is 6.33 Å². The van der Waals surface area contributed by atoms with Gasteiger partial charge in [-0.3, -0.25) is 9.78 Å². The Morgan fingerprint density at radius 1 is 1.31 bits per heavy atom. The predicted octanol–water partition coefficient (Wildman–Crippen LogP) is 3.51. The molecule has 2 atom stereocenters. The maximum atomic E-state index is 12.0. The second-order valence-corrected chi connectivity index (χ2v) is 10.9. The highest BCUT2D eigenvalue weighted by molar-refractivity contribution is 7.90. The minimum atomic E-state index is -1.11. The number of aryl methyl sites for hydroxylation is 1. The van der Waals surface area contributed by atoms with Crippen LogP contribution in [0, 0.1) is 6.92 Å². The monoisotopic (exact) mass is 550 g/mol. The molecule has 3 aromatic rings. The summed E-state index contributed by atoms with van der Waals surface area (Å²) < 4.78 is 17.2. The van der Waals surface area contributed by atoms with E-state index in [9.17, 15) is 9.35 Å². The Kier molecular flexibility index (Phi) is 9.08. The zero-order valence-electron chi connectivity index (χ0n) is 23.1. The molecule has 0 bridgehead atoms. The van der Waals surface area contributed by atoms with Gasteiger partial charge in [-0.2, -0.15) is 0 Å². The Morgan fingerprint density at radius 2 is 2.08 bits per heavy atom. The molecule has 1 aliphatic rings. The summed E-state index contributed by atoms with van der Waals surface area (Å²) in [5, 5.41) is 3.05. The quantitative estimate of drug-likeness (QED) is 0.163. The second kappa shape index (κ2) is 12.5. The Bertz CT molecular complexity index is 1350. The van der Waals surface area contributed by atoms with E-state index in [4.69, 9.17) is 14.7 Å². The average molecular weight is 551 g/mol. The molecule has 1 saturated carbocycles. The van der Waals surface area contributed by atoms with Gasteiger partial charge >= 0.3 is 0 Å². The number of aromatic nitrogens is 5. The second-order valence-electron chi connectivity index (χ2n) is 9.50. The maximum absolute atomic E-state index is 12.0. The number of pyridine rings is 1. The highest BCUT2D eigenvalue weighted by Crippen LogP contribution is 2.45. The minimum Gasteiger partial charge on any atom is -0.612 e. The molecule has 1 fully saturated rings. The molecule has 3 aromatic heterocycles. The number of hydrogen-bond acceptors (Lipinski definition) is 10. The van der Waals surface area contributed by atoms with Gasteiger partial charge in [-0.15, -0.1) is 0 Å². The van der Waals surface area contributed by atoms with Gasteiger partial charge in [0.15, 0.2) is 28.7 Å². The summed E-state index contributed by atoms with van der Waals surface area (Å²) in [6, 6.07) is 3.67. The van der Waals surface area contributed by atoms with Crippen LogP contribution in [0.3, 0.4) is 0 Å². The van der Waals surface area contributed by atoms with E-state index in [0.29, 0.717) is 57.3 Å². The molecule has 11 nitrogen and oxygen atoms in total. The van der Waals surface area contributed by atoms with Crippen LogP contribution in [0.15, 0.2) is 34.5 Å². The molecule has 1 aliphatic carbocycles. The lowest BCUT2D eigenvalue weighted by atomic mass is 10.1. The molecule has 0 radical (unpaired) electrons. The Morgan fingerprint density at radius 3 is 2.67 bits per heavy atom. The summed E-state index contributed by atoms with van der Waals surface area (Å²) in [6.45, 7) is 6.32. The summed E-state index contributed by atoms with van der Waals surface area (Å²) in [4.78, 5) is 42.3. The first-order valence-corrected chi connectivity index (χ1v) is 14.4. The van der Waals surface area contributed by atoms with Gasteiger partial charge < -0.3 is 19.5 Å². The zero-order valence-corrected chi connectivity index (χ0v) is 23.9. The van der Waals surface area contributed by atoms with Crippen molar-refractivity contribution in [2.45, 2.75) is 63.4 Å². The molecule has 39 heavy (non-hydrogen) atoms. The van der Waals surface area contributed by atoms with Crippen molar-refractivity contribution in [1.82, 2.24) is 30.2 Å². The smallest absolute Gasteiger partial charge is 0.227 e. The summed E-state index contributed by atoms with van der Waals surface area (Å²) in [6.07, 6.45) is 8.33. The van der Waals surface area contributed by atoms with Crippen molar-refractivity contribution in [3.8, 4) is 17.3 Å². The summed E-state index contributed by atoms with van der Waals surface area (Å²) >= 11 is -1.11. The molecular formula is C27H34N8O3S. The number of aliphatic imine (C=N–C) groups is 1. The third-order valence-corrected chi connectivity index (χ3v) is 7.68. The summed E-state index contributed by atoms with van der Waals surface area (Å²) in [5.41, 5.74) is 3.35. The lowest BCUT2D eigenvalue weighted by Crippen LogP contribution is -2.30. The van der Waals surface area contributed by atoms with Gasteiger partial charge in [0, 0.05) is 19.0 Å². The van der Waals surface area contributed by atoms with Gasteiger partial charge in [-0.25, -0.2) is 24.9 Å². The summed E-state index contributed by atoms with van der Waals surface area (Å²) in [7, 11) is 3.53. The first-order valence-electron chi connectivity index (χ1n) is 12.8. The highest BCUT2D eigenvalue weighted by Gasteiger charge is 2.32. The molecule has 0 aliphatic heterocycles. The van der Waals surface area contributed by atoms with Gasteiger partial charge in [0.2, 0.25) is 5.88 Å². The van der Waals surface area contributed by atoms with Crippen LogP contribution in [-0.2, 0) is 22.5 Å². The number of methoxy groups -OCH3 is 1. The van der Waals surface area contributed by atoms with Crippen LogP contribution in [0.5, 0.6) is 5.88 Å². The number of carbonyl (C=O) groups is 1. The standard InChI is InChI=1S/C27H34N8O3S/c1-7-16(2)35(4)26-23(33-21(14-36)29-12-19-10-11-20(13-28-19)39(6)37)17(3)32-25(34-26)22-24(18-8-9-18)30-15-31-27(22)38-5/h10-11,13-16,18H,7-9,12H2,1-6H3,(H,29,33)/t16-,39?/m0/s1. The first-order chi connectivity index (χ1) is 18.8. The molecule has 0 saturated heterocycles. The van der Waals surface area contributed by atoms with Crippen LogP contribution >= 0.6 is 0 Å². The summed E-state index contributed by atoms with van der Waals surface area (Å²) in [5.74, 6) is 1.95. The van der Waals surface area contributed by atoms with Crippen molar-refractivity contribution >= 4 is 34.8 Å². The number of rotatable bonds is 11. The molecule has 0 amide bonds. The van der Waals surface area contributed by atoms with E-state index in [0.717, 1.165) is 25.0 Å². The topological polar surface area (TPSA) is 141 Å². The van der Waals surface area contributed by atoms with Crippen LogP contribution in [0.1, 0.15) is 56.1 Å². The van der Waals surface area contributed by atoms with Crippen LogP contribution < -0.4 is 15.0 Å². The fourth-order valence-electron chi connectivity index (χ4n) is 4.03. The number of anilines is 1. The van der Waals surface area contributed by atoms with Crippen LogP contribution in [-0.4, -0.2) is 68.0 Å². The van der Waals surface area contributed by atoms with E-state index in [-0.39, 0.29) is 18.4 Å². The van der Waals surface area contributed by atoms with Crippen molar-refractivity contribution < 1.29 is 14.1 Å². The van der Waals surface area contributed by atoms with E-state index in [1.54, 1.807) is 31.7 Å². The zero-order chi connectivity index (χ0) is 28.1. The van der Waals surface area contributed by atoms with E-state index in [1.807, 2.05) is 18.9 Å². The van der Waals surface area contributed by atoms with Crippen molar-refractivity contribution in [2.24, 2.45) is 4.99 Å². The van der Waals surface area contributed by atoms with E-state index >= 15 is 0 Å². The molecule has 12 heteroatoms. The van der Waals surface area contributed by atoms with Crippen LogP contribution in [0.25, 0.3) is 11.4 Å². The van der Waals surface area contributed by atoms with Gasteiger partial charge in [0.25, 0.3) is 0 Å². The molecule has 206 valence electrons. The molecule has 4 rings (SSSR count). The van der Waals surface area contributed by atoms with Crippen LogP contribution in [0.2, 0.25) is 0 Å². The third kappa shape index (κ3) is 6.51. The van der Waals surface area contributed by atoms with Crippen molar-refractivity contribution in [3.63, 3.8) is 0 Å². The first kappa shape index (κ1) is 28.4. The fraction of sp³-hybridized carbons (Fsp3) is 0.444.